The van der Waals surface area contributed by atoms with Crippen LogP contribution in [0.25, 0.3) is 0 Å². The van der Waals surface area contributed by atoms with Gasteiger partial charge in [-0.25, -0.2) is 4.98 Å². The molecular weight excluding hydrogens is 202 g/mol. The molecule has 1 heterocycles. The topological polar surface area (TPSA) is 50.1 Å². The van der Waals surface area contributed by atoms with Crippen LogP contribution in [0.4, 0.5) is 0 Å². The molecule has 2 N–H and O–H groups in total. The molecule has 1 aromatic heterocycles. The fourth-order valence-corrected chi connectivity index (χ4v) is 2.49. The second kappa shape index (κ2) is 5.46. The molecule has 0 aliphatic heterocycles. The van der Waals surface area contributed by atoms with E-state index in [2.05, 4.69) is 21.8 Å². The fourth-order valence-electron chi connectivity index (χ4n) is 2.49. The van der Waals surface area contributed by atoms with Crippen molar-refractivity contribution in [2.75, 3.05) is 6.61 Å². The summed E-state index contributed by atoms with van der Waals surface area (Å²) in [6, 6.07) is 0.600. The highest BCUT2D eigenvalue weighted by Crippen LogP contribution is 2.21. The van der Waals surface area contributed by atoms with Crippen LogP contribution in [0.5, 0.6) is 0 Å². The summed E-state index contributed by atoms with van der Waals surface area (Å²) in [7, 11) is 0. The fraction of sp³-hybridized carbons (Fsp3) is 0.750. The molecule has 4 heteroatoms. The maximum Gasteiger partial charge on any atom is 0.0948 e. The first kappa shape index (κ1) is 11.6. The summed E-state index contributed by atoms with van der Waals surface area (Å²) in [5.41, 5.74) is 1.09. The number of nitrogens with one attached hydrogen (secondary N) is 1. The van der Waals surface area contributed by atoms with Gasteiger partial charge in [0, 0.05) is 18.8 Å². The molecule has 1 saturated carbocycles. The van der Waals surface area contributed by atoms with E-state index in [1.807, 2.05) is 12.5 Å². The van der Waals surface area contributed by atoms with Crippen molar-refractivity contribution < 1.29 is 5.11 Å². The molecule has 1 unspecified atom stereocenters. The van der Waals surface area contributed by atoms with E-state index in [1.165, 1.54) is 25.7 Å². The maximum absolute atomic E-state index is 9.47. The van der Waals surface area contributed by atoms with E-state index in [-0.39, 0.29) is 12.6 Å². The van der Waals surface area contributed by atoms with Crippen LogP contribution >= 0.6 is 0 Å². The summed E-state index contributed by atoms with van der Waals surface area (Å²) in [6.45, 7) is 3.13. The van der Waals surface area contributed by atoms with E-state index in [9.17, 15) is 5.11 Å². The van der Waals surface area contributed by atoms with Gasteiger partial charge in [-0.15, -0.1) is 0 Å². The lowest BCUT2D eigenvalue weighted by Crippen LogP contribution is -2.33. The SMILES string of the molecule is CCn1cncc1C(CO)NC1CCCC1. The Labute approximate surface area is 96.7 Å². The summed E-state index contributed by atoms with van der Waals surface area (Å²) in [5.74, 6) is 0. The van der Waals surface area contributed by atoms with Gasteiger partial charge in [0.15, 0.2) is 0 Å². The Balaban J connectivity index is 2.03. The zero-order chi connectivity index (χ0) is 11.4. The number of aryl methyl sites for hydroxylation is 1. The van der Waals surface area contributed by atoms with Crippen LogP contribution in [0, 0.1) is 0 Å². The second-order valence-electron chi connectivity index (χ2n) is 4.49. The molecule has 0 radical (unpaired) electrons. The van der Waals surface area contributed by atoms with Crippen LogP contribution in [0.3, 0.4) is 0 Å². The molecule has 1 aliphatic rings. The van der Waals surface area contributed by atoms with Crippen LogP contribution in [-0.2, 0) is 6.54 Å². The van der Waals surface area contributed by atoms with Crippen molar-refractivity contribution >= 4 is 0 Å². The Kier molecular flexibility index (Phi) is 3.96. The normalized spacial score (nSPS) is 19.1. The third kappa shape index (κ3) is 2.44. The van der Waals surface area contributed by atoms with Crippen LogP contribution < -0.4 is 5.32 Å². The third-order valence-electron chi connectivity index (χ3n) is 3.42. The summed E-state index contributed by atoms with van der Waals surface area (Å²) in [5, 5.41) is 13.0. The van der Waals surface area contributed by atoms with Crippen molar-refractivity contribution in [1.82, 2.24) is 14.9 Å². The van der Waals surface area contributed by atoms with Crippen LogP contribution in [0.15, 0.2) is 12.5 Å². The molecule has 0 aromatic carbocycles. The Bertz CT molecular complexity index is 318. The number of aromatic nitrogens is 2. The van der Waals surface area contributed by atoms with Crippen LogP contribution in [0.1, 0.15) is 44.3 Å². The number of hydrogen-bond acceptors (Lipinski definition) is 3. The van der Waals surface area contributed by atoms with Gasteiger partial charge in [-0.1, -0.05) is 12.8 Å². The summed E-state index contributed by atoms with van der Waals surface area (Å²) < 4.78 is 2.09. The Morgan fingerprint density at radius 1 is 1.56 bits per heavy atom. The van der Waals surface area contributed by atoms with Gasteiger partial charge < -0.3 is 15.0 Å². The first-order valence-corrected chi connectivity index (χ1v) is 6.22. The van der Waals surface area contributed by atoms with E-state index < -0.39 is 0 Å². The summed E-state index contributed by atoms with van der Waals surface area (Å²) >= 11 is 0. The number of aliphatic hydroxyl groups is 1. The molecule has 16 heavy (non-hydrogen) atoms. The minimum Gasteiger partial charge on any atom is -0.394 e. The first-order valence-electron chi connectivity index (χ1n) is 6.22. The Morgan fingerprint density at radius 2 is 2.31 bits per heavy atom. The van der Waals surface area contributed by atoms with E-state index in [0.717, 1.165) is 12.2 Å². The van der Waals surface area contributed by atoms with Gasteiger partial charge in [-0.05, 0) is 19.8 Å². The molecule has 0 spiro atoms. The molecule has 4 nitrogen and oxygen atoms in total. The highest BCUT2D eigenvalue weighted by molar-refractivity contribution is 5.06. The average Bonchev–Trinajstić information content (AvgIpc) is 2.96. The molecular formula is C12H21N3O. The molecule has 1 aromatic rings. The zero-order valence-corrected chi connectivity index (χ0v) is 9.89. The van der Waals surface area contributed by atoms with Gasteiger partial charge >= 0.3 is 0 Å². The third-order valence-corrected chi connectivity index (χ3v) is 3.42. The van der Waals surface area contributed by atoms with Gasteiger partial charge in [0.05, 0.1) is 24.7 Å². The predicted molar refractivity (Wildman–Crippen MR) is 63.1 cm³/mol. The molecule has 0 saturated heterocycles. The minimum absolute atomic E-state index is 0.0329. The quantitative estimate of drug-likeness (QED) is 0.794. The number of imidazole rings is 1. The maximum atomic E-state index is 9.47. The van der Waals surface area contributed by atoms with Crippen LogP contribution in [-0.4, -0.2) is 27.3 Å². The van der Waals surface area contributed by atoms with E-state index in [0.29, 0.717) is 6.04 Å². The van der Waals surface area contributed by atoms with Crippen molar-refractivity contribution in [2.24, 2.45) is 0 Å². The Morgan fingerprint density at radius 3 is 2.94 bits per heavy atom. The predicted octanol–water partition coefficient (Wildman–Crippen LogP) is 1.47. The van der Waals surface area contributed by atoms with Crippen molar-refractivity contribution in [1.29, 1.82) is 0 Å². The van der Waals surface area contributed by atoms with E-state index in [4.69, 9.17) is 0 Å². The largest absolute Gasteiger partial charge is 0.394 e. The molecule has 0 amide bonds. The molecule has 90 valence electrons. The minimum atomic E-state index is 0.0329. The number of nitrogens with zero attached hydrogens (tertiary/aromatic N) is 2. The van der Waals surface area contributed by atoms with E-state index in [1.54, 1.807) is 0 Å². The highest BCUT2D eigenvalue weighted by Gasteiger charge is 2.21. The molecule has 2 rings (SSSR count). The zero-order valence-electron chi connectivity index (χ0n) is 9.89. The van der Waals surface area contributed by atoms with Gasteiger partial charge in [0.2, 0.25) is 0 Å². The lowest BCUT2D eigenvalue weighted by Gasteiger charge is -2.22. The molecule has 1 atom stereocenters. The number of rotatable bonds is 5. The molecule has 1 fully saturated rings. The summed E-state index contributed by atoms with van der Waals surface area (Å²) in [6.07, 6.45) is 8.76. The lowest BCUT2D eigenvalue weighted by molar-refractivity contribution is 0.227. The highest BCUT2D eigenvalue weighted by atomic mass is 16.3. The standard InChI is InChI=1S/C12H21N3O/c1-2-15-9-13-7-12(15)11(8-16)14-10-5-3-4-6-10/h7,9-11,14,16H,2-6,8H2,1H3. The van der Waals surface area contributed by atoms with Crippen molar-refractivity contribution in [3.8, 4) is 0 Å². The van der Waals surface area contributed by atoms with E-state index >= 15 is 0 Å². The second-order valence-corrected chi connectivity index (χ2v) is 4.49. The number of aliphatic hydroxyl groups excluding tert-OH is 1. The van der Waals surface area contributed by atoms with Crippen molar-refractivity contribution in [2.45, 2.75) is 51.2 Å². The van der Waals surface area contributed by atoms with Gasteiger partial charge in [-0.2, -0.15) is 0 Å². The Hall–Kier alpha value is -0.870. The smallest absolute Gasteiger partial charge is 0.0948 e. The lowest BCUT2D eigenvalue weighted by atomic mass is 10.1. The van der Waals surface area contributed by atoms with Crippen LogP contribution in [0.2, 0.25) is 0 Å². The van der Waals surface area contributed by atoms with Crippen molar-refractivity contribution in [3.05, 3.63) is 18.2 Å². The average molecular weight is 223 g/mol. The van der Waals surface area contributed by atoms with Gasteiger partial charge in [0.1, 0.15) is 0 Å². The van der Waals surface area contributed by atoms with Crippen molar-refractivity contribution in [3.63, 3.8) is 0 Å². The first-order chi connectivity index (χ1) is 7.85. The number of hydrogen-bond donors (Lipinski definition) is 2. The summed E-state index contributed by atoms with van der Waals surface area (Å²) in [4.78, 5) is 4.15. The molecule has 0 bridgehead atoms. The van der Waals surface area contributed by atoms with Gasteiger partial charge in [-0.3, -0.25) is 0 Å². The monoisotopic (exact) mass is 223 g/mol. The molecule has 1 aliphatic carbocycles. The van der Waals surface area contributed by atoms with Gasteiger partial charge in [0.25, 0.3) is 0 Å².